The molecular weight excluding hydrogens is 268 g/mol. The Kier molecular flexibility index (Phi) is 4.14. The second kappa shape index (κ2) is 5.63. The van der Waals surface area contributed by atoms with Gasteiger partial charge in [-0.05, 0) is 6.92 Å². The van der Waals surface area contributed by atoms with Crippen molar-refractivity contribution in [3.63, 3.8) is 0 Å². The van der Waals surface area contributed by atoms with Gasteiger partial charge in [0.1, 0.15) is 21.8 Å². The van der Waals surface area contributed by atoms with Crippen LogP contribution in [-0.4, -0.2) is 15.0 Å². The van der Waals surface area contributed by atoms with Gasteiger partial charge in [0.15, 0.2) is 0 Å². The minimum Gasteiger partial charge on any atom is -0.363 e. The van der Waals surface area contributed by atoms with Crippen molar-refractivity contribution in [3.05, 3.63) is 33.1 Å². The van der Waals surface area contributed by atoms with Crippen LogP contribution in [0.2, 0.25) is 5.15 Å². The molecule has 2 aromatic heterocycles. The molecule has 0 radical (unpaired) electrons. The lowest BCUT2D eigenvalue weighted by Gasteiger charge is -2.08. The Balaban J connectivity index is 2.09. The first kappa shape index (κ1) is 13.2. The Labute approximate surface area is 115 Å². The largest absolute Gasteiger partial charge is 0.363 e. The monoisotopic (exact) mass is 282 g/mol. The third kappa shape index (κ3) is 3.40. The molecule has 0 fully saturated rings. The normalized spacial score (nSPS) is 10.9. The van der Waals surface area contributed by atoms with E-state index in [1.165, 1.54) is 0 Å². The van der Waals surface area contributed by atoms with E-state index in [1.54, 1.807) is 17.4 Å². The van der Waals surface area contributed by atoms with Crippen molar-refractivity contribution < 1.29 is 0 Å². The number of aryl methyl sites for hydroxylation is 1. The number of nitrogens with zero attached hydrogens (tertiary/aromatic N) is 3. The quantitative estimate of drug-likeness (QED) is 0.870. The van der Waals surface area contributed by atoms with Crippen molar-refractivity contribution >= 4 is 28.8 Å². The zero-order valence-corrected chi connectivity index (χ0v) is 12.1. The van der Waals surface area contributed by atoms with E-state index < -0.39 is 0 Å². The first-order chi connectivity index (χ1) is 8.54. The van der Waals surface area contributed by atoms with Crippen molar-refractivity contribution in [1.29, 1.82) is 0 Å². The molecule has 18 heavy (non-hydrogen) atoms. The molecule has 0 unspecified atom stereocenters. The fraction of sp³-hybridized carbons (Fsp3) is 0.417. The molecule has 0 bridgehead atoms. The smallest absolute Gasteiger partial charge is 0.135 e. The van der Waals surface area contributed by atoms with E-state index in [4.69, 9.17) is 11.6 Å². The number of nitrogens with one attached hydrogen (secondary N) is 1. The Hall–Kier alpha value is -1.20. The van der Waals surface area contributed by atoms with Crippen LogP contribution in [0.3, 0.4) is 0 Å². The van der Waals surface area contributed by atoms with E-state index in [-0.39, 0.29) is 5.92 Å². The number of rotatable bonds is 4. The van der Waals surface area contributed by atoms with Gasteiger partial charge in [-0.25, -0.2) is 15.0 Å². The molecule has 0 spiro atoms. The van der Waals surface area contributed by atoms with Gasteiger partial charge in [-0.2, -0.15) is 0 Å². The Bertz CT molecular complexity index is 539. The van der Waals surface area contributed by atoms with Crippen molar-refractivity contribution in [2.24, 2.45) is 0 Å². The lowest BCUT2D eigenvalue weighted by atomic mass is 10.2. The molecule has 0 aliphatic carbocycles. The van der Waals surface area contributed by atoms with E-state index >= 15 is 0 Å². The van der Waals surface area contributed by atoms with Crippen molar-refractivity contribution in [2.45, 2.75) is 33.2 Å². The minimum absolute atomic E-state index is 0.256. The van der Waals surface area contributed by atoms with E-state index in [1.807, 2.05) is 26.2 Å². The molecule has 0 aliphatic rings. The number of aromatic nitrogens is 3. The molecule has 0 saturated carbocycles. The van der Waals surface area contributed by atoms with Gasteiger partial charge in [-0.15, -0.1) is 11.3 Å². The van der Waals surface area contributed by atoms with Crippen LogP contribution in [0.5, 0.6) is 0 Å². The van der Waals surface area contributed by atoms with Crippen LogP contribution >= 0.6 is 22.9 Å². The van der Waals surface area contributed by atoms with Gasteiger partial charge in [0, 0.05) is 23.1 Å². The maximum atomic E-state index is 5.98. The van der Waals surface area contributed by atoms with Gasteiger partial charge in [-0.1, -0.05) is 25.4 Å². The summed E-state index contributed by atoms with van der Waals surface area (Å²) >= 11 is 7.61. The Morgan fingerprint density at radius 3 is 2.72 bits per heavy atom. The van der Waals surface area contributed by atoms with Gasteiger partial charge < -0.3 is 5.32 Å². The minimum atomic E-state index is 0.256. The average molecular weight is 283 g/mol. The molecule has 0 amide bonds. The lowest BCUT2D eigenvalue weighted by Crippen LogP contribution is -2.05. The summed E-state index contributed by atoms with van der Waals surface area (Å²) in [5, 5.41) is 6.75. The van der Waals surface area contributed by atoms with Crippen LogP contribution < -0.4 is 5.32 Å². The van der Waals surface area contributed by atoms with Crippen molar-refractivity contribution in [3.8, 4) is 0 Å². The molecule has 2 rings (SSSR count). The molecule has 0 atom stereocenters. The fourth-order valence-corrected chi connectivity index (χ4v) is 2.34. The number of hydrogen-bond acceptors (Lipinski definition) is 5. The van der Waals surface area contributed by atoms with Gasteiger partial charge in [0.05, 0.1) is 6.54 Å². The van der Waals surface area contributed by atoms with E-state index in [2.05, 4.69) is 20.3 Å². The number of anilines is 1. The highest BCUT2D eigenvalue weighted by Crippen LogP contribution is 2.18. The zero-order valence-electron chi connectivity index (χ0n) is 10.6. The van der Waals surface area contributed by atoms with Gasteiger partial charge in [0.25, 0.3) is 0 Å². The first-order valence-corrected chi connectivity index (χ1v) is 6.99. The van der Waals surface area contributed by atoms with Crippen molar-refractivity contribution in [1.82, 2.24) is 15.0 Å². The second-order valence-corrected chi connectivity index (χ2v) is 5.65. The highest BCUT2D eigenvalue weighted by atomic mass is 35.5. The van der Waals surface area contributed by atoms with Crippen molar-refractivity contribution in [2.75, 3.05) is 5.32 Å². The van der Waals surface area contributed by atoms with Crippen LogP contribution in [0.4, 0.5) is 5.82 Å². The van der Waals surface area contributed by atoms with Gasteiger partial charge >= 0.3 is 0 Å². The van der Waals surface area contributed by atoms with E-state index in [0.717, 1.165) is 22.3 Å². The average Bonchev–Trinajstić information content (AvgIpc) is 2.72. The molecule has 0 aromatic carbocycles. The third-order valence-electron chi connectivity index (χ3n) is 2.32. The molecule has 0 saturated heterocycles. The second-order valence-electron chi connectivity index (χ2n) is 4.32. The van der Waals surface area contributed by atoms with E-state index in [9.17, 15) is 0 Å². The predicted octanol–water partition coefficient (Wildman–Crippen LogP) is 3.63. The highest BCUT2D eigenvalue weighted by molar-refractivity contribution is 7.09. The topological polar surface area (TPSA) is 50.7 Å². The van der Waals surface area contributed by atoms with Gasteiger partial charge in [-0.3, -0.25) is 0 Å². The summed E-state index contributed by atoms with van der Waals surface area (Å²) < 4.78 is 0. The summed E-state index contributed by atoms with van der Waals surface area (Å²) in [6, 6.07) is 1.73. The van der Waals surface area contributed by atoms with Crippen LogP contribution in [0.15, 0.2) is 11.4 Å². The molecule has 1 N–H and O–H groups in total. The summed E-state index contributed by atoms with van der Waals surface area (Å²) in [5.41, 5.74) is 1.04. The molecule has 4 nitrogen and oxygen atoms in total. The first-order valence-electron chi connectivity index (χ1n) is 5.74. The Morgan fingerprint density at radius 1 is 1.33 bits per heavy atom. The maximum absolute atomic E-state index is 5.98. The summed E-state index contributed by atoms with van der Waals surface area (Å²) in [5.74, 6) is 1.75. The van der Waals surface area contributed by atoms with Crippen LogP contribution in [0.1, 0.15) is 36.3 Å². The number of thiazole rings is 1. The predicted molar refractivity (Wildman–Crippen MR) is 75.3 cm³/mol. The maximum Gasteiger partial charge on any atom is 0.135 e. The van der Waals surface area contributed by atoms with E-state index in [0.29, 0.717) is 11.7 Å². The number of halogens is 1. The third-order valence-corrected chi connectivity index (χ3v) is 3.48. The van der Waals surface area contributed by atoms with Crippen LogP contribution in [0.25, 0.3) is 0 Å². The molecular formula is C12H15ClN4S. The standard InChI is InChI=1S/C12H15ClN4S/c1-7(2)12-16-9(13)4-10(17-12)14-5-11-15-8(3)6-18-11/h4,6-7H,5H2,1-3H3,(H,14,16,17). The van der Waals surface area contributed by atoms with Gasteiger partial charge in [0.2, 0.25) is 0 Å². The summed E-state index contributed by atoms with van der Waals surface area (Å²) in [6.07, 6.45) is 0. The molecule has 0 aliphatic heterocycles. The summed E-state index contributed by atoms with van der Waals surface area (Å²) in [4.78, 5) is 13.0. The highest BCUT2D eigenvalue weighted by Gasteiger charge is 2.07. The summed E-state index contributed by atoms with van der Waals surface area (Å²) in [7, 11) is 0. The molecule has 6 heteroatoms. The molecule has 2 aromatic rings. The zero-order chi connectivity index (χ0) is 13.1. The van der Waals surface area contributed by atoms with Crippen LogP contribution in [0, 0.1) is 6.92 Å². The van der Waals surface area contributed by atoms with Crippen LogP contribution in [-0.2, 0) is 6.54 Å². The Morgan fingerprint density at radius 2 is 2.11 bits per heavy atom. The lowest BCUT2D eigenvalue weighted by molar-refractivity contribution is 0.774. The fourth-order valence-electron chi connectivity index (χ4n) is 1.43. The summed E-state index contributed by atoms with van der Waals surface area (Å²) in [6.45, 7) is 6.72. The molecule has 96 valence electrons. The molecule has 2 heterocycles. The SMILES string of the molecule is Cc1csc(CNc2cc(Cl)nc(C(C)C)n2)n1. The number of hydrogen-bond donors (Lipinski definition) is 1.